The van der Waals surface area contributed by atoms with E-state index in [2.05, 4.69) is 30.3 Å². The molecule has 4 heteroatoms. The van der Waals surface area contributed by atoms with Gasteiger partial charge in [-0.15, -0.1) is 0 Å². The summed E-state index contributed by atoms with van der Waals surface area (Å²) in [5.74, 6) is 0. The van der Waals surface area contributed by atoms with Gasteiger partial charge >= 0.3 is 0 Å². The summed E-state index contributed by atoms with van der Waals surface area (Å²) in [6, 6.07) is 29.8. The van der Waals surface area contributed by atoms with Gasteiger partial charge in [0, 0.05) is 11.4 Å². The van der Waals surface area contributed by atoms with Crippen LogP contribution in [0.2, 0.25) is 5.02 Å². The van der Waals surface area contributed by atoms with E-state index in [-0.39, 0.29) is 6.04 Å². The molecule has 0 fully saturated rings. The lowest BCUT2D eigenvalue weighted by Crippen LogP contribution is -2.24. The van der Waals surface area contributed by atoms with E-state index < -0.39 is 6.04 Å². The maximum absolute atomic E-state index is 9.94. The molecule has 0 aliphatic carbocycles. The molecule has 1 aliphatic heterocycles. The summed E-state index contributed by atoms with van der Waals surface area (Å²) in [6.07, 6.45) is 0.764. The Hall–Kier alpha value is -3.09. The Morgan fingerprint density at radius 3 is 2.19 bits per heavy atom. The molecule has 3 aromatic carbocycles. The molecule has 0 spiro atoms. The van der Waals surface area contributed by atoms with Crippen LogP contribution in [-0.2, 0) is 0 Å². The fourth-order valence-electron chi connectivity index (χ4n) is 3.45. The van der Waals surface area contributed by atoms with E-state index in [0.29, 0.717) is 5.02 Å². The largest absolute Gasteiger partial charge is 0.267 e. The number of hydrogen-bond donors (Lipinski definition) is 0. The number of nitrogens with zero attached hydrogens (tertiary/aromatic N) is 3. The monoisotopic (exact) mass is 371 g/mol. The van der Waals surface area contributed by atoms with Gasteiger partial charge in [-0.1, -0.05) is 84.4 Å². The predicted molar refractivity (Wildman–Crippen MR) is 108 cm³/mol. The van der Waals surface area contributed by atoms with E-state index >= 15 is 0 Å². The van der Waals surface area contributed by atoms with Crippen LogP contribution in [0.5, 0.6) is 0 Å². The fraction of sp³-hybridized carbons (Fsp3) is 0.130. The number of rotatable bonds is 4. The number of nitriles is 1. The summed E-state index contributed by atoms with van der Waals surface area (Å²) >= 11 is 6.02. The standard InChI is InChI=1S/C23H18ClN3/c24-20-13-11-19(12-14-20)23(16-25)27-22(18-9-5-2-6-10-18)15-21(26-27)17-7-3-1-4-8-17/h1-14,22-23H,15H2. The van der Waals surface area contributed by atoms with Crippen molar-refractivity contribution in [1.29, 1.82) is 5.26 Å². The van der Waals surface area contributed by atoms with Crippen molar-refractivity contribution in [2.75, 3.05) is 0 Å². The first-order chi connectivity index (χ1) is 13.3. The summed E-state index contributed by atoms with van der Waals surface area (Å²) in [7, 11) is 0. The second-order valence-corrected chi connectivity index (χ2v) is 6.94. The van der Waals surface area contributed by atoms with Crippen LogP contribution in [0.15, 0.2) is 90.0 Å². The predicted octanol–water partition coefficient (Wildman–Crippen LogP) is 5.76. The molecule has 3 nitrogen and oxygen atoms in total. The fourth-order valence-corrected chi connectivity index (χ4v) is 3.57. The minimum Gasteiger partial charge on any atom is -0.267 e. The van der Waals surface area contributed by atoms with Gasteiger partial charge in [-0.25, -0.2) is 0 Å². The van der Waals surface area contributed by atoms with Gasteiger partial charge in [-0.2, -0.15) is 10.4 Å². The zero-order valence-corrected chi connectivity index (χ0v) is 15.4. The van der Waals surface area contributed by atoms with Crippen LogP contribution in [0, 0.1) is 11.3 Å². The zero-order chi connectivity index (χ0) is 18.6. The van der Waals surface area contributed by atoms with Crippen molar-refractivity contribution in [3.8, 4) is 6.07 Å². The van der Waals surface area contributed by atoms with E-state index in [1.54, 1.807) is 0 Å². The third-order valence-corrected chi connectivity index (χ3v) is 5.06. The number of hydrogen-bond acceptors (Lipinski definition) is 3. The molecule has 27 heavy (non-hydrogen) atoms. The van der Waals surface area contributed by atoms with Crippen molar-refractivity contribution >= 4 is 17.3 Å². The average Bonchev–Trinajstić information content (AvgIpc) is 3.16. The minimum absolute atomic E-state index is 0.0155. The van der Waals surface area contributed by atoms with E-state index in [9.17, 15) is 5.26 Å². The average molecular weight is 372 g/mol. The molecule has 1 heterocycles. The summed E-state index contributed by atoms with van der Waals surface area (Å²) in [6.45, 7) is 0. The lowest BCUT2D eigenvalue weighted by Gasteiger charge is -2.28. The Labute approximate surface area is 164 Å². The summed E-state index contributed by atoms with van der Waals surface area (Å²) in [5.41, 5.74) is 4.13. The summed E-state index contributed by atoms with van der Waals surface area (Å²) in [5, 5.41) is 17.4. The van der Waals surface area contributed by atoms with E-state index in [1.165, 1.54) is 0 Å². The lowest BCUT2D eigenvalue weighted by atomic mass is 9.97. The molecule has 2 unspecified atom stereocenters. The van der Waals surface area contributed by atoms with E-state index in [4.69, 9.17) is 16.7 Å². The molecule has 0 radical (unpaired) electrons. The first-order valence-corrected chi connectivity index (χ1v) is 9.25. The zero-order valence-electron chi connectivity index (χ0n) is 14.7. The third kappa shape index (κ3) is 3.58. The molecule has 0 N–H and O–H groups in total. The van der Waals surface area contributed by atoms with Gasteiger partial charge in [0.05, 0.1) is 17.8 Å². The van der Waals surface area contributed by atoms with Crippen LogP contribution < -0.4 is 0 Å². The van der Waals surface area contributed by atoms with Crippen molar-refractivity contribution < 1.29 is 0 Å². The Balaban J connectivity index is 1.76. The highest BCUT2D eigenvalue weighted by Gasteiger charge is 2.34. The molecule has 132 valence electrons. The first kappa shape index (κ1) is 17.3. The van der Waals surface area contributed by atoms with Gasteiger partial charge in [-0.3, -0.25) is 5.01 Å². The summed E-state index contributed by atoms with van der Waals surface area (Å²) in [4.78, 5) is 0. The number of hydrazone groups is 1. The molecule has 3 aromatic rings. The topological polar surface area (TPSA) is 39.4 Å². The molecule has 0 saturated carbocycles. The number of benzene rings is 3. The molecule has 2 atom stereocenters. The highest BCUT2D eigenvalue weighted by Crippen LogP contribution is 2.39. The SMILES string of the molecule is N#CC(c1ccc(Cl)cc1)N1N=C(c2ccccc2)CC1c1ccccc1. The molecular weight excluding hydrogens is 354 g/mol. The second kappa shape index (κ2) is 7.65. The van der Waals surface area contributed by atoms with Crippen molar-refractivity contribution in [3.05, 3.63) is 107 Å². The maximum atomic E-state index is 9.94. The normalized spacial score (nSPS) is 17.3. The molecular formula is C23H18ClN3. The van der Waals surface area contributed by atoms with Gasteiger partial charge in [0.1, 0.15) is 0 Å². The molecule has 0 bridgehead atoms. The first-order valence-electron chi connectivity index (χ1n) is 8.87. The Bertz CT molecular complexity index is 976. The van der Waals surface area contributed by atoms with Gasteiger partial charge in [0.15, 0.2) is 6.04 Å². The second-order valence-electron chi connectivity index (χ2n) is 6.51. The highest BCUT2D eigenvalue weighted by atomic mass is 35.5. The van der Waals surface area contributed by atoms with Crippen molar-refractivity contribution in [1.82, 2.24) is 5.01 Å². The number of halogens is 1. The summed E-state index contributed by atoms with van der Waals surface area (Å²) < 4.78 is 0. The van der Waals surface area contributed by atoms with Crippen LogP contribution in [0.25, 0.3) is 0 Å². The molecule has 1 aliphatic rings. The Morgan fingerprint density at radius 2 is 1.56 bits per heavy atom. The van der Waals surface area contributed by atoms with Gasteiger partial charge in [0.25, 0.3) is 0 Å². The lowest BCUT2D eigenvalue weighted by molar-refractivity contribution is 0.196. The van der Waals surface area contributed by atoms with Gasteiger partial charge < -0.3 is 0 Å². The van der Waals surface area contributed by atoms with Crippen LogP contribution in [-0.4, -0.2) is 10.7 Å². The Kier molecular flexibility index (Phi) is 4.91. The molecule has 0 saturated heterocycles. The van der Waals surface area contributed by atoms with Crippen LogP contribution >= 0.6 is 11.6 Å². The minimum atomic E-state index is -0.478. The highest BCUT2D eigenvalue weighted by molar-refractivity contribution is 6.30. The molecule has 4 rings (SSSR count). The third-order valence-electron chi connectivity index (χ3n) is 4.81. The van der Waals surface area contributed by atoms with E-state index in [1.807, 2.05) is 65.7 Å². The van der Waals surface area contributed by atoms with Gasteiger partial charge in [-0.05, 0) is 28.8 Å². The Morgan fingerprint density at radius 1 is 0.926 bits per heavy atom. The molecule has 0 amide bonds. The van der Waals surface area contributed by atoms with Crippen LogP contribution in [0.4, 0.5) is 0 Å². The quantitative estimate of drug-likeness (QED) is 0.585. The van der Waals surface area contributed by atoms with Gasteiger partial charge in [0.2, 0.25) is 0 Å². The van der Waals surface area contributed by atoms with Crippen LogP contribution in [0.1, 0.15) is 35.2 Å². The van der Waals surface area contributed by atoms with E-state index in [0.717, 1.165) is 28.8 Å². The molecule has 0 aromatic heterocycles. The maximum Gasteiger partial charge on any atom is 0.159 e. The van der Waals surface area contributed by atoms with Crippen molar-refractivity contribution in [2.45, 2.75) is 18.5 Å². The van der Waals surface area contributed by atoms with Crippen LogP contribution in [0.3, 0.4) is 0 Å². The van der Waals surface area contributed by atoms with Crippen molar-refractivity contribution in [3.63, 3.8) is 0 Å². The smallest absolute Gasteiger partial charge is 0.159 e. The van der Waals surface area contributed by atoms with Crippen molar-refractivity contribution in [2.24, 2.45) is 5.10 Å².